The molecule has 0 aliphatic rings. The van der Waals surface area contributed by atoms with Crippen molar-refractivity contribution in [2.75, 3.05) is 6.54 Å². The third-order valence-electron chi connectivity index (χ3n) is 5.92. The average molecular weight is 504 g/mol. The Balaban J connectivity index is 1.68. The van der Waals surface area contributed by atoms with Crippen LogP contribution in [0.2, 0.25) is 0 Å². The van der Waals surface area contributed by atoms with E-state index in [-0.39, 0.29) is 24.1 Å². The number of rotatable bonds is 12. The minimum absolute atomic E-state index is 0.0842. The summed E-state index contributed by atoms with van der Waals surface area (Å²) in [4.78, 5) is 24.2. The Morgan fingerprint density at radius 1 is 0.806 bits per heavy atom. The minimum Gasteiger partial charge on any atom is -0.481 e. The first-order valence-electron chi connectivity index (χ1n) is 12.7. The molecule has 5 heteroatoms. The highest BCUT2D eigenvalue weighted by atomic mass is 32.2. The molecule has 3 rings (SSSR count). The third kappa shape index (κ3) is 8.56. The number of carboxylic acid groups (broad SMARTS) is 1. The zero-order valence-electron chi connectivity index (χ0n) is 21.7. The van der Waals surface area contributed by atoms with Crippen molar-refractivity contribution in [3.63, 3.8) is 0 Å². The summed E-state index contributed by atoms with van der Waals surface area (Å²) >= 11 is 1.85. The first-order valence-corrected chi connectivity index (χ1v) is 13.5. The lowest BCUT2D eigenvalue weighted by atomic mass is 9.99. The van der Waals surface area contributed by atoms with Crippen molar-refractivity contribution in [3.8, 4) is 11.1 Å². The largest absolute Gasteiger partial charge is 0.481 e. The van der Waals surface area contributed by atoms with Crippen molar-refractivity contribution in [2.24, 2.45) is 11.8 Å². The molecule has 0 saturated heterocycles. The minimum atomic E-state index is -0.924. The molecule has 0 bridgehead atoms. The number of hydrogen-bond donors (Lipinski definition) is 2. The van der Waals surface area contributed by atoms with Crippen molar-refractivity contribution in [1.29, 1.82) is 0 Å². The molecule has 0 aliphatic carbocycles. The SMILES string of the molecule is CC(C)Cc1ccc(-c2ccc(SC(CC(C)C)c3ccc(C(=O)NCCC(=O)O)cc3)cc2)cc1. The standard InChI is InChI=1S/C31H37NO3S/c1-21(2)19-23-5-7-24(8-6-23)25-13-15-28(16-14-25)36-29(20-22(3)4)26-9-11-27(12-10-26)31(35)32-18-17-30(33)34/h5-16,21-22,29H,17-20H2,1-4H3,(H,32,35)(H,33,34). The molecule has 3 aromatic carbocycles. The highest BCUT2D eigenvalue weighted by Crippen LogP contribution is 2.40. The summed E-state index contributed by atoms with van der Waals surface area (Å²) < 4.78 is 0. The van der Waals surface area contributed by atoms with E-state index in [0.29, 0.717) is 17.4 Å². The van der Waals surface area contributed by atoms with E-state index in [9.17, 15) is 9.59 Å². The van der Waals surface area contributed by atoms with Gasteiger partial charge in [0.2, 0.25) is 0 Å². The van der Waals surface area contributed by atoms with Crippen LogP contribution in [-0.2, 0) is 11.2 Å². The number of aliphatic carboxylic acids is 1. The second-order valence-electron chi connectivity index (χ2n) is 10.1. The molecule has 0 aliphatic heterocycles. The molecule has 0 radical (unpaired) electrons. The molecule has 190 valence electrons. The summed E-state index contributed by atoms with van der Waals surface area (Å²) in [6.45, 7) is 9.06. The molecular formula is C31H37NO3S. The van der Waals surface area contributed by atoms with E-state index in [1.54, 1.807) is 0 Å². The Morgan fingerprint density at radius 2 is 1.39 bits per heavy atom. The Bertz CT molecular complexity index is 1120. The number of carbonyl (C=O) groups excluding carboxylic acids is 1. The molecule has 1 atom stereocenters. The third-order valence-corrected chi connectivity index (χ3v) is 7.21. The fourth-order valence-corrected chi connectivity index (χ4v) is 5.51. The summed E-state index contributed by atoms with van der Waals surface area (Å²) in [5.74, 6) is 0.0173. The molecule has 1 unspecified atom stereocenters. The van der Waals surface area contributed by atoms with Gasteiger partial charge in [0.05, 0.1) is 6.42 Å². The van der Waals surface area contributed by atoms with E-state index in [1.807, 2.05) is 36.0 Å². The predicted octanol–water partition coefficient (Wildman–Crippen LogP) is 7.64. The van der Waals surface area contributed by atoms with Gasteiger partial charge in [-0.25, -0.2) is 0 Å². The molecule has 4 nitrogen and oxygen atoms in total. The summed E-state index contributed by atoms with van der Waals surface area (Å²) in [5, 5.41) is 11.7. The van der Waals surface area contributed by atoms with Crippen LogP contribution >= 0.6 is 11.8 Å². The number of nitrogens with one attached hydrogen (secondary N) is 1. The fraction of sp³-hybridized carbons (Fsp3) is 0.355. The lowest BCUT2D eigenvalue weighted by Crippen LogP contribution is -2.25. The summed E-state index contributed by atoms with van der Waals surface area (Å²) in [6.07, 6.45) is 2.04. The van der Waals surface area contributed by atoms with E-state index in [2.05, 4.69) is 81.5 Å². The van der Waals surface area contributed by atoms with Gasteiger partial charge in [0.15, 0.2) is 0 Å². The maximum absolute atomic E-state index is 12.3. The lowest BCUT2D eigenvalue weighted by Gasteiger charge is -2.20. The van der Waals surface area contributed by atoms with Gasteiger partial charge in [-0.15, -0.1) is 11.8 Å². The smallest absolute Gasteiger partial charge is 0.305 e. The van der Waals surface area contributed by atoms with E-state index in [0.717, 1.165) is 12.8 Å². The molecular weight excluding hydrogens is 466 g/mol. The lowest BCUT2D eigenvalue weighted by molar-refractivity contribution is -0.136. The van der Waals surface area contributed by atoms with Crippen LogP contribution in [0.4, 0.5) is 0 Å². The van der Waals surface area contributed by atoms with Crippen molar-refractivity contribution >= 4 is 23.6 Å². The van der Waals surface area contributed by atoms with Crippen LogP contribution in [0.3, 0.4) is 0 Å². The van der Waals surface area contributed by atoms with Gasteiger partial charge in [0, 0.05) is 22.3 Å². The molecule has 0 heterocycles. The second-order valence-corrected chi connectivity index (χ2v) is 11.4. The summed E-state index contributed by atoms with van der Waals surface area (Å²) in [5.41, 5.74) is 5.55. The van der Waals surface area contributed by atoms with Crippen LogP contribution in [0, 0.1) is 11.8 Å². The molecule has 0 spiro atoms. The van der Waals surface area contributed by atoms with Crippen LogP contribution in [0.1, 0.15) is 67.3 Å². The van der Waals surface area contributed by atoms with Crippen LogP contribution in [0.15, 0.2) is 77.7 Å². The second kappa shape index (κ2) is 13.3. The van der Waals surface area contributed by atoms with Crippen molar-refractivity contribution in [3.05, 3.63) is 89.5 Å². The zero-order chi connectivity index (χ0) is 26.1. The van der Waals surface area contributed by atoms with Crippen LogP contribution in [0.25, 0.3) is 11.1 Å². The Kier molecular flexibility index (Phi) is 10.2. The number of thioether (sulfide) groups is 1. The number of carboxylic acids is 1. The molecule has 0 aromatic heterocycles. The van der Waals surface area contributed by atoms with E-state index in [4.69, 9.17) is 5.11 Å². The number of carbonyl (C=O) groups is 2. The predicted molar refractivity (Wildman–Crippen MR) is 150 cm³/mol. The highest BCUT2D eigenvalue weighted by Gasteiger charge is 2.16. The van der Waals surface area contributed by atoms with E-state index in [1.165, 1.54) is 27.1 Å². The summed E-state index contributed by atoms with van der Waals surface area (Å²) in [6, 6.07) is 25.3. The topological polar surface area (TPSA) is 66.4 Å². The quantitative estimate of drug-likeness (QED) is 0.249. The molecule has 0 saturated carbocycles. The van der Waals surface area contributed by atoms with Crippen molar-refractivity contribution in [2.45, 2.75) is 57.1 Å². The summed E-state index contributed by atoms with van der Waals surface area (Å²) in [7, 11) is 0. The van der Waals surface area contributed by atoms with Crippen LogP contribution in [0.5, 0.6) is 0 Å². The van der Waals surface area contributed by atoms with E-state index < -0.39 is 5.97 Å². The monoisotopic (exact) mass is 503 g/mol. The van der Waals surface area contributed by atoms with E-state index >= 15 is 0 Å². The molecule has 3 aromatic rings. The molecule has 2 N–H and O–H groups in total. The maximum Gasteiger partial charge on any atom is 0.305 e. The normalized spacial score (nSPS) is 12.1. The maximum atomic E-state index is 12.3. The zero-order valence-corrected chi connectivity index (χ0v) is 22.5. The van der Waals surface area contributed by atoms with Crippen LogP contribution < -0.4 is 5.32 Å². The van der Waals surface area contributed by atoms with Gasteiger partial charge in [-0.05, 0) is 71.2 Å². The molecule has 0 fully saturated rings. The van der Waals surface area contributed by atoms with Gasteiger partial charge < -0.3 is 10.4 Å². The van der Waals surface area contributed by atoms with Gasteiger partial charge in [-0.3, -0.25) is 9.59 Å². The van der Waals surface area contributed by atoms with Gasteiger partial charge in [0.1, 0.15) is 0 Å². The van der Waals surface area contributed by atoms with Gasteiger partial charge in [-0.1, -0.05) is 76.2 Å². The number of amides is 1. The fourth-order valence-electron chi connectivity index (χ4n) is 4.11. The van der Waals surface area contributed by atoms with Gasteiger partial charge >= 0.3 is 5.97 Å². The van der Waals surface area contributed by atoms with Crippen LogP contribution in [-0.4, -0.2) is 23.5 Å². The van der Waals surface area contributed by atoms with Gasteiger partial charge in [-0.2, -0.15) is 0 Å². The molecule has 1 amide bonds. The Morgan fingerprint density at radius 3 is 1.92 bits per heavy atom. The van der Waals surface area contributed by atoms with Gasteiger partial charge in [0.25, 0.3) is 5.91 Å². The number of hydrogen-bond acceptors (Lipinski definition) is 3. The van der Waals surface area contributed by atoms with Crippen molar-refractivity contribution in [1.82, 2.24) is 5.32 Å². The first-order chi connectivity index (χ1) is 17.2. The average Bonchev–Trinajstić information content (AvgIpc) is 2.84. The Hall–Kier alpha value is -3.05. The van der Waals surface area contributed by atoms with Crippen molar-refractivity contribution < 1.29 is 14.7 Å². The molecule has 36 heavy (non-hydrogen) atoms. The number of benzene rings is 3. The Labute approximate surface area is 219 Å². The first kappa shape index (κ1) is 27.5. The highest BCUT2D eigenvalue weighted by molar-refractivity contribution is 7.99.